The quantitative estimate of drug-likeness (QED) is 0.0680. The number of esters is 5. The summed E-state index contributed by atoms with van der Waals surface area (Å²) in [6.07, 6.45) is 35.2. The van der Waals surface area contributed by atoms with E-state index in [9.17, 15) is 0 Å². The summed E-state index contributed by atoms with van der Waals surface area (Å²) in [5.41, 5.74) is -11.8. The normalized spacial score (nSPS) is 43.5. The summed E-state index contributed by atoms with van der Waals surface area (Å²) in [6.45, 7) is 35.7. The van der Waals surface area contributed by atoms with E-state index in [1.807, 2.05) is 41.5 Å². The predicted molar refractivity (Wildman–Crippen MR) is 379 cm³/mol. The minimum absolute atomic E-state index is 0.0471. The first-order valence-electron chi connectivity index (χ1n) is 41.1. The van der Waals surface area contributed by atoms with E-state index >= 15 is 24.0 Å². The second-order valence-electron chi connectivity index (χ2n) is 44.7. The van der Waals surface area contributed by atoms with E-state index in [1.54, 1.807) is 0 Å². The van der Waals surface area contributed by atoms with E-state index in [0.717, 1.165) is 96.3 Å². The highest BCUT2D eigenvalue weighted by molar-refractivity contribution is 5.85. The fourth-order valence-corrected chi connectivity index (χ4v) is 31.2. The van der Waals surface area contributed by atoms with Crippen LogP contribution in [0.5, 0.6) is 0 Å². The molecule has 20 fully saturated rings. The lowest BCUT2D eigenvalue weighted by atomic mass is 9.45. The first-order chi connectivity index (χ1) is 45.0. The Kier molecular flexibility index (Phi) is 16.4. The molecule has 10 heteroatoms. The van der Waals surface area contributed by atoms with Gasteiger partial charge in [0.15, 0.2) is 0 Å². The molecule has 0 saturated heterocycles. The molecule has 4 atom stereocenters. The Balaban J connectivity index is 0.819. The Labute approximate surface area is 587 Å². The van der Waals surface area contributed by atoms with Gasteiger partial charge < -0.3 is 23.7 Å². The Hall–Kier alpha value is -2.65. The van der Waals surface area contributed by atoms with Gasteiger partial charge in [-0.25, -0.2) is 0 Å². The van der Waals surface area contributed by atoms with E-state index in [-0.39, 0.29) is 64.7 Å². The largest absolute Gasteiger partial charge is 0.459 e. The third-order valence-corrected chi connectivity index (χ3v) is 34.8. The van der Waals surface area contributed by atoms with Crippen LogP contribution < -0.4 is 0 Å². The molecule has 0 aromatic carbocycles. The molecule has 97 heavy (non-hydrogen) atoms. The fraction of sp³-hybridized carbons (Fsp3) is 0.943. The van der Waals surface area contributed by atoms with Crippen molar-refractivity contribution in [2.45, 2.75) is 370 Å². The molecule has 0 radical (unpaired) electrons. The molecule has 0 aromatic heterocycles. The van der Waals surface area contributed by atoms with Crippen molar-refractivity contribution in [2.75, 3.05) is 0 Å². The summed E-state index contributed by atoms with van der Waals surface area (Å²) in [4.78, 5) is 82.7. The highest BCUT2D eigenvalue weighted by Gasteiger charge is 2.68. The monoisotopic (exact) mass is 1340 g/mol. The van der Waals surface area contributed by atoms with Crippen molar-refractivity contribution in [3.63, 3.8) is 0 Å². The molecule has 20 saturated carbocycles. The maximum atomic E-state index is 17.1. The molecule has 20 aliphatic rings. The molecule has 10 nitrogen and oxygen atoms in total. The molecule has 0 N–H and O–H groups in total. The van der Waals surface area contributed by atoms with Crippen LogP contribution in [0.4, 0.5) is 0 Å². The summed E-state index contributed by atoms with van der Waals surface area (Å²) in [5, 5.41) is 0. The summed E-state index contributed by atoms with van der Waals surface area (Å²) in [6, 6.07) is 0. The van der Waals surface area contributed by atoms with E-state index in [0.29, 0.717) is 95.2 Å². The summed E-state index contributed by atoms with van der Waals surface area (Å²) in [7, 11) is 0. The Morgan fingerprint density at radius 2 is 0.381 bits per heavy atom. The number of carbonyl (C=O) groups is 5. The molecule has 0 heterocycles. The van der Waals surface area contributed by atoms with Gasteiger partial charge in [0.2, 0.25) is 0 Å². The molecule has 0 spiro atoms. The van der Waals surface area contributed by atoms with Crippen LogP contribution in [0.2, 0.25) is 0 Å². The van der Waals surface area contributed by atoms with Gasteiger partial charge in [0, 0.05) is 27.1 Å². The Bertz CT molecular complexity index is 2950. The lowest BCUT2D eigenvalue weighted by Crippen LogP contribution is -2.60. The van der Waals surface area contributed by atoms with Crippen LogP contribution in [0.3, 0.4) is 0 Å². The zero-order valence-electron chi connectivity index (χ0n) is 64.5. The van der Waals surface area contributed by atoms with Crippen LogP contribution in [0.1, 0.15) is 342 Å². The molecule has 544 valence electrons. The predicted octanol–water partition coefficient (Wildman–Crippen LogP) is 20.7. The first-order valence-corrected chi connectivity index (χ1v) is 41.1. The van der Waals surface area contributed by atoms with Crippen LogP contribution >= 0.6 is 0 Å². The smallest absolute Gasteiger partial charge is 0.312 e. The lowest BCUT2D eigenvalue weighted by molar-refractivity contribution is -0.220. The second-order valence-corrected chi connectivity index (χ2v) is 44.7. The van der Waals surface area contributed by atoms with Crippen molar-refractivity contribution >= 4 is 29.8 Å². The van der Waals surface area contributed by atoms with Gasteiger partial charge in [-0.05, 0) is 424 Å². The topological polar surface area (TPSA) is 132 Å². The van der Waals surface area contributed by atoms with Crippen molar-refractivity contribution < 1.29 is 47.7 Å². The van der Waals surface area contributed by atoms with E-state index in [1.165, 1.54) is 96.3 Å². The summed E-state index contributed by atoms with van der Waals surface area (Å²) in [5.74, 6) is 7.71. The molecule has 0 aliphatic heterocycles. The zero-order valence-corrected chi connectivity index (χ0v) is 64.5. The third kappa shape index (κ3) is 11.6. The molecular weight excluding hydrogens is 1200 g/mol. The molecular formula is C87H136O10. The molecule has 0 amide bonds. The van der Waals surface area contributed by atoms with Crippen molar-refractivity contribution in [2.24, 2.45) is 143 Å². The van der Waals surface area contributed by atoms with Crippen molar-refractivity contribution in [3.05, 3.63) is 0 Å². The van der Waals surface area contributed by atoms with Gasteiger partial charge in [-0.2, -0.15) is 0 Å². The number of rotatable bonds is 24. The van der Waals surface area contributed by atoms with Gasteiger partial charge in [0.05, 0.1) is 27.1 Å². The van der Waals surface area contributed by atoms with Crippen LogP contribution in [0, 0.1) is 143 Å². The number of hydrogen-bond donors (Lipinski definition) is 0. The van der Waals surface area contributed by atoms with Crippen molar-refractivity contribution in [1.82, 2.24) is 0 Å². The second kappa shape index (κ2) is 22.7. The number of ether oxygens (including phenoxy) is 5. The average molecular weight is 1340 g/mol. The van der Waals surface area contributed by atoms with E-state index in [4.69, 9.17) is 23.7 Å². The average Bonchev–Trinajstić information content (AvgIpc) is 0.742. The van der Waals surface area contributed by atoms with Crippen molar-refractivity contribution in [3.8, 4) is 0 Å². The van der Waals surface area contributed by atoms with Crippen LogP contribution in [-0.2, 0) is 47.7 Å². The number of hydrogen-bond acceptors (Lipinski definition) is 10. The van der Waals surface area contributed by atoms with Gasteiger partial charge >= 0.3 is 29.8 Å². The summed E-state index contributed by atoms with van der Waals surface area (Å²) < 4.78 is 36.6. The Morgan fingerprint density at radius 3 is 0.557 bits per heavy atom. The van der Waals surface area contributed by atoms with Gasteiger partial charge in [-0.1, -0.05) is 6.92 Å². The molecule has 20 bridgehead atoms. The van der Waals surface area contributed by atoms with Crippen molar-refractivity contribution in [1.29, 1.82) is 0 Å². The standard InChI is InChI=1S/C87H136O10/c1-18-79(14,69(89)94-75(6,7)84-37-56-22-57(38-84)24-58(23-56)39-84)50-81(16,71(91)96-77(10,11)86-43-62-28-63(44-86)30-64(29-62)45-86)52-82(17,72(92)97-78(12,13)87-46-65-31-66(47-87)33-67(32-65)48-87)51-80(15,70(90)95-76(8,9)85-40-59-25-60(41-85)27-61(26-59)42-85)49-73(2,3)68(88)93-74(4,5)83-34-53-19-54(35-83)21-55(20-53)36-83/h53-67H,18-52H2,1-17H3. The SMILES string of the molecule is CCC(C)(CC(C)(CC(C)(CC(C)(CC(C)(C)C(=O)OC(C)(C)C12CC3CC(CC(C3)C1)C2)C(=O)OC(C)(C)C12CC3CC(CC(C3)C1)C2)C(=O)OC(C)(C)C12CC3CC(CC(C3)C1)C2)C(=O)OC(C)(C)C12CC3CC(CC(C3)C1)C2)C(=O)OC(C)(C)C12CC3CC(CC(C3)C1)C2. The van der Waals surface area contributed by atoms with Gasteiger partial charge in [-0.15, -0.1) is 0 Å². The van der Waals surface area contributed by atoms with E-state index < -0.39 is 73.0 Å². The molecule has 0 aromatic rings. The van der Waals surface area contributed by atoms with Crippen LogP contribution in [0.15, 0.2) is 0 Å². The minimum atomic E-state index is -1.58. The van der Waals surface area contributed by atoms with Crippen LogP contribution in [0.25, 0.3) is 0 Å². The van der Waals surface area contributed by atoms with Gasteiger partial charge in [0.1, 0.15) is 28.0 Å². The summed E-state index contributed by atoms with van der Waals surface area (Å²) >= 11 is 0. The first kappa shape index (κ1) is 70.0. The van der Waals surface area contributed by atoms with Crippen LogP contribution in [-0.4, -0.2) is 57.9 Å². The highest BCUT2D eigenvalue weighted by atomic mass is 16.6. The highest BCUT2D eigenvalue weighted by Crippen LogP contribution is 2.71. The third-order valence-electron chi connectivity index (χ3n) is 34.8. The molecule has 20 rings (SSSR count). The maximum Gasteiger partial charge on any atom is 0.312 e. The number of carbonyl (C=O) groups excluding carboxylic acids is 5. The lowest BCUT2D eigenvalue weighted by Gasteiger charge is -2.62. The Morgan fingerprint density at radius 1 is 0.237 bits per heavy atom. The maximum absolute atomic E-state index is 17.1. The van der Waals surface area contributed by atoms with E-state index in [2.05, 4.69) is 76.2 Å². The minimum Gasteiger partial charge on any atom is -0.459 e. The molecule has 4 unspecified atom stereocenters. The van der Waals surface area contributed by atoms with Gasteiger partial charge in [0.25, 0.3) is 0 Å². The van der Waals surface area contributed by atoms with Gasteiger partial charge in [-0.3, -0.25) is 24.0 Å². The zero-order chi connectivity index (χ0) is 69.3. The fourth-order valence-electron chi connectivity index (χ4n) is 31.2. The molecule has 20 aliphatic carbocycles.